The van der Waals surface area contributed by atoms with Gasteiger partial charge in [-0.15, -0.1) is 0 Å². The molecule has 0 aliphatic rings. The van der Waals surface area contributed by atoms with Crippen molar-refractivity contribution in [1.29, 1.82) is 0 Å². The summed E-state index contributed by atoms with van der Waals surface area (Å²) in [5.74, 6) is -0.465. The van der Waals surface area contributed by atoms with Gasteiger partial charge in [0.05, 0.1) is 13.5 Å². The highest BCUT2D eigenvalue weighted by Gasteiger charge is 2.08. The second-order valence-electron chi connectivity index (χ2n) is 4.74. The lowest BCUT2D eigenvalue weighted by molar-refractivity contribution is -0.115. The van der Waals surface area contributed by atoms with Crippen LogP contribution in [-0.4, -0.2) is 13.0 Å². The van der Waals surface area contributed by atoms with Crippen LogP contribution >= 0.6 is 0 Å². The zero-order chi connectivity index (χ0) is 15.2. The molecule has 110 valence electrons. The molecule has 3 nitrogen and oxygen atoms in total. The Kier molecular flexibility index (Phi) is 4.93. The molecule has 0 saturated heterocycles. The number of carbonyl (C=O) groups is 1. The highest BCUT2D eigenvalue weighted by molar-refractivity contribution is 5.92. The molecule has 0 fully saturated rings. The maximum atomic E-state index is 13.6. The van der Waals surface area contributed by atoms with Crippen molar-refractivity contribution in [2.45, 2.75) is 19.8 Å². The van der Waals surface area contributed by atoms with Crippen LogP contribution in [0.3, 0.4) is 0 Å². The number of ether oxygens (including phenoxy) is 1. The molecule has 0 heterocycles. The Balaban J connectivity index is 1.99. The number of rotatable bonds is 5. The number of aryl methyl sites for hydroxylation is 1. The average molecular weight is 287 g/mol. The van der Waals surface area contributed by atoms with Crippen molar-refractivity contribution >= 4 is 11.6 Å². The van der Waals surface area contributed by atoms with Crippen LogP contribution in [0.15, 0.2) is 42.5 Å². The first-order valence-electron chi connectivity index (χ1n) is 6.83. The van der Waals surface area contributed by atoms with E-state index in [0.717, 1.165) is 12.1 Å². The van der Waals surface area contributed by atoms with Gasteiger partial charge in [-0.25, -0.2) is 4.39 Å². The molecular weight excluding hydrogens is 269 g/mol. The lowest BCUT2D eigenvalue weighted by Gasteiger charge is -2.07. The van der Waals surface area contributed by atoms with E-state index in [-0.39, 0.29) is 18.1 Å². The van der Waals surface area contributed by atoms with Crippen LogP contribution in [0.1, 0.15) is 18.1 Å². The fraction of sp³-hybridized carbons (Fsp3) is 0.235. The van der Waals surface area contributed by atoms with E-state index >= 15 is 0 Å². The van der Waals surface area contributed by atoms with E-state index < -0.39 is 5.82 Å². The Bertz CT molecular complexity index is 623. The number of carbonyl (C=O) groups excluding carboxylic acids is 1. The number of nitrogens with one attached hydrogen (secondary N) is 1. The van der Waals surface area contributed by atoms with Gasteiger partial charge in [-0.1, -0.05) is 25.1 Å². The van der Waals surface area contributed by atoms with E-state index in [0.29, 0.717) is 5.56 Å². The SMILES string of the molecule is CCc1ccc(NC(=O)Cc2ccc(OC)c(F)c2)cc1. The van der Waals surface area contributed by atoms with Crippen LogP contribution in [-0.2, 0) is 17.6 Å². The molecule has 1 N–H and O–H groups in total. The molecule has 2 aromatic carbocycles. The molecule has 1 amide bonds. The van der Waals surface area contributed by atoms with Gasteiger partial charge in [0.1, 0.15) is 0 Å². The minimum atomic E-state index is -0.463. The monoisotopic (exact) mass is 287 g/mol. The summed E-state index contributed by atoms with van der Waals surface area (Å²) in [4.78, 5) is 11.9. The van der Waals surface area contributed by atoms with Gasteiger partial charge in [0.15, 0.2) is 11.6 Å². The van der Waals surface area contributed by atoms with Gasteiger partial charge in [-0.05, 0) is 41.8 Å². The second kappa shape index (κ2) is 6.88. The van der Waals surface area contributed by atoms with Crippen LogP contribution in [0.5, 0.6) is 5.75 Å². The van der Waals surface area contributed by atoms with Gasteiger partial charge >= 0.3 is 0 Å². The average Bonchev–Trinajstić information content (AvgIpc) is 2.48. The van der Waals surface area contributed by atoms with Crippen LogP contribution in [0, 0.1) is 5.82 Å². The molecule has 0 saturated carbocycles. The second-order valence-corrected chi connectivity index (χ2v) is 4.74. The number of hydrogen-bond donors (Lipinski definition) is 1. The summed E-state index contributed by atoms with van der Waals surface area (Å²) in [6.45, 7) is 2.08. The number of anilines is 1. The Hall–Kier alpha value is -2.36. The van der Waals surface area contributed by atoms with Crippen LogP contribution < -0.4 is 10.1 Å². The van der Waals surface area contributed by atoms with Crippen molar-refractivity contribution in [3.05, 3.63) is 59.4 Å². The molecule has 0 atom stereocenters. The third kappa shape index (κ3) is 4.05. The van der Waals surface area contributed by atoms with E-state index in [1.165, 1.54) is 24.8 Å². The normalized spacial score (nSPS) is 10.2. The summed E-state index contributed by atoms with van der Waals surface area (Å²) >= 11 is 0. The third-order valence-electron chi connectivity index (χ3n) is 3.23. The highest BCUT2D eigenvalue weighted by atomic mass is 19.1. The quantitative estimate of drug-likeness (QED) is 0.913. The summed E-state index contributed by atoms with van der Waals surface area (Å²) in [6.07, 6.45) is 1.08. The molecule has 0 spiro atoms. The number of benzene rings is 2. The number of methoxy groups -OCH3 is 1. The van der Waals surface area contributed by atoms with E-state index in [4.69, 9.17) is 4.74 Å². The lowest BCUT2D eigenvalue weighted by atomic mass is 10.1. The van der Waals surface area contributed by atoms with Crippen molar-refractivity contribution in [2.75, 3.05) is 12.4 Å². The first-order chi connectivity index (χ1) is 10.1. The van der Waals surface area contributed by atoms with Gasteiger partial charge < -0.3 is 10.1 Å². The third-order valence-corrected chi connectivity index (χ3v) is 3.23. The molecule has 0 aliphatic heterocycles. The smallest absolute Gasteiger partial charge is 0.228 e. The van der Waals surface area contributed by atoms with E-state index in [2.05, 4.69) is 12.2 Å². The molecule has 0 aromatic heterocycles. The predicted molar refractivity (Wildman–Crippen MR) is 81.1 cm³/mol. The van der Waals surface area contributed by atoms with Gasteiger partial charge in [0.25, 0.3) is 0 Å². The molecule has 2 rings (SSSR count). The molecule has 4 heteroatoms. The summed E-state index contributed by atoms with van der Waals surface area (Å²) in [5, 5.41) is 2.80. The summed E-state index contributed by atoms with van der Waals surface area (Å²) < 4.78 is 18.4. The minimum Gasteiger partial charge on any atom is -0.494 e. The number of amides is 1. The Morgan fingerprint density at radius 1 is 1.14 bits per heavy atom. The van der Waals surface area contributed by atoms with E-state index in [1.807, 2.05) is 24.3 Å². The largest absolute Gasteiger partial charge is 0.494 e. The molecule has 0 bridgehead atoms. The zero-order valence-electron chi connectivity index (χ0n) is 12.2. The Morgan fingerprint density at radius 2 is 1.81 bits per heavy atom. The lowest BCUT2D eigenvalue weighted by Crippen LogP contribution is -2.14. The van der Waals surface area contributed by atoms with Gasteiger partial charge in [-0.2, -0.15) is 0 Å². The van der Waals surface area contributed by atoms with Crippen LogP contribution in [0.2, 0.25) is 0 Å². The molecule has 0 unspecified atom stereocenters. The first kappa shape index (κ1) is 15.0. The number of hydrogen-bond acceptors (Lipinski definition) is 2. The van der Waals surface area contributed by atoms with Crippen LogP contribution in [0.25, 0.3) is 0 Å². The maximum absolute atomic E-state index is 13.6. The minimum absolute atomic E-state index is 0.121. The van der Waals surface area contributed by atoms with Crippen molar-refractivity contribution < 1.29 is 13.9 Å². The fourth-order valence-corrected chi connectivity index (χ4v) is 2.03. The molecule has 0 radical (unpaired) electrons. The predicted octanol–water partition coefficient (Wildman–Crippen LogP) is 3.58. The maximum Gasteiger partial charge on any atom is 0.228 e. The molecular formula is C17H18FNO2. The van der Waals surface area contributed by atoms with Crippen molar-refractivity contribution in [3.8, 4) is 5.75 Å². The number of halogens is 1. The van der Waals surface area contributed by atoms with Gasteiger partial charge in [0.2, 0.25) is 5.91 Å². The Morgan fingerprint density at radius 3 is 2.38 bits per heavy atom. The summed E-state index contributed by atoms with van der Waals surface area (Å²) in [5.41, 5.74) is 2.56. The fourth-order valence-electron chi connectivity index (χ4n) is 2.03. The topological polar surface area (TPSA) is 38.3 Å². The van der Waals surface area contributed by atoms with Crippen LogP contribution in [0.4, 0.5) is 10.1 Å². The van der Waals surface area contributed by atoms with Gasteiger partial charge in [-0.3, -0.25) is 4.79 Å². The van der Waals surface area contributed by atoms with Crippen molar-refractivity contribution in [1.82, 2.24) is 0 Å². The standard InChI is InChI=1S/C17H18FNO2/c1-3-12-4-7-14(8-5-12)19-17(20)11-13-6-9-16(21-2)15(18)10-13/h4-10H,3,11H2,1-2H3,(H,19,20). The van der Waals surface area contributed by atoms with Gasteiger partial charge in [0, 0.05) is 5.69 Å². The molecule has 2 aromatic rings. The highest BCUT2D eigenvalue weighted by Crippen LogP contribution is 2.18. The van der Waals surface area contributed by atoms with Crippen molar-refractivity contribution in [3.63, 3.8) is 0 Å². The van der Waals surface area contributed by atoms with Crippen molar-refractivity contribution in [2.24, 2.45) is 0 Å². The molecule has 0 aliphatic carbocycles. The summed E-state index contributed by atoms with van der Waals surface area (Å²) in [7, 11) is 1.41. The Labute approximate surface area is 123 Å². The van der Waals surface area contributed by atoms with E-state index in [9.17, 15) is 9.18 Å². The summed E-state index contributed by atoms with van der Waals surface area (Å²) in [6, 6.07) is 12.2. The van der Waals surface area contributed by atoms with E-state index in [1.54, 1.807) is 6.07 Å². The molecule has 21 heavy (non-hydrogen) atoms. The first-order valence-corrected chi connectivity index (χ1v) is 6.83. The zero-order valence-corrected chi connectivity index (χ0v) is 12.2.